The minimum absolute atomic E-state index is 0.127. The lowest BCUT2D eigenvalue weighted by molar-refractivity contribution is 0.312. The lowest BCUT2D eigenvalue weighted by Gasteiger charge is -2.07. The van der Waals surface area contributed by atoms with Crippen molar-refractivity contribution in [1.29, 1.82) is 0 Å². The van der Waals surface area contributed by atoms with Gasteiger partial charge in [0.1, 0.15) is 10.0 Å². The van der Waals surface area contributed by atoms with E-state index in [2.05, 4.69) is 10.2 Å². The second-order valence-electron chi connectivity index (χ2n) is 11.7. The van der Waals surface area contributed by atoms with Crippen LogP contribution >= 0.6 is 46.7 Å². The van der Waals surface area contributed by atoms with Gasteiger partial charge in [0.25, 0.3) is 21.2 Å². The highest BCUT2D eigenvalue weighted by Crippen LogP contribution is 2.28. The highest BCUT2D eigenvalue weighted by atomic mass is 35.5. The third-order valence-electron chi connectivity index (χ3n) is 7.68. The van der Waals surface area contributed by atoms with Crippen LogP contribution in [0.1, 0.15) is 40.7 Å². The Bertz CT molecular complexity index is 2150. The maximum absolute atomic E-state index is 12.2. The Hall–Kier alpha value is -3.46. The largest absolute Gasteiger partial charge is 0.296 e. The molecular formula is C37H39Cl2FN4O5S3. The maximum Gasteiger partial charge on any atom is 0.296 e. The molecule has 5 rings (SSSR count). The second kappa shape index (κ2) is 20.1. The van der Waals surface area contributed by atoms with E-state index in [9.17, 15) is 22.4 Å². The zero-order valence-corrected chi connectivity index (χ0v) is 32.9. The molecule has 52 heavy (non-hydrogen) atoms. The molecule has 3 aromatic carbocycles. The predicted octanol–water partition coefficient (Wildman–Crippen LogP) is 8.00. The number of halogens is 3. The highest BCUT2D eigenvalue weighted by Gasteiger charge is 2.14. The normalized spacial score (nSPS) is 11.3. The molecule has 2 heterocycles. The van der Waals surface area contributed by atoms with Crippen LogP contribution in [-0.4, -0.2) is 41.3 Å². The summed E-state index contributed by atoms with van der Waals surface area (Å²) in [5.41, 5.74) is 4.84. The first-order valence-corrected chi connectivity index (χ1v) is 20.4. The lowest BCUT2D eigenvalue weighted by atomic mass is 10.1. The van der Waals surface area contributed by atoms with Crippen LogP contribution in [0.5, 0.6) is 0 Å². The molecule has 0 saturated heterocycles. The molecular weight excluding hydrogens is 766 g/mol. The minimum Gasteiger partial charge on any atom is -0.266 e. The molecule has 0 spiro atoms. The van der Waals surface area contributed by atoms with Crippen LogP contribution in [0.4, 0.5) is 4.39 Å². The Morgan fingerprint density at radius 1 is 0.692 bits per heavy atom. The molecule has 0 aliphatic carbocycles. The van der Waals surface area contributed by atoms with Gasteiger partial charge in [-0.05, 0) is 67.0 Å². The summed E-state index contributed by atoms with van der Waals surface area (Å²) < 4.78 is 44.1. The Balaban J connectivity index is 0.000000251. The van der Waals surface area contributed by atoms with Crippen LogP contribution in [0, 0.1) is 6.92 Å². The van der Waals surface area contributed by atoms with Crippen molar-refractivity contribution in [3.05, 3.63) is 144 Å². The average molecular weight is 805 g/mol. The zero-order chi connectivity index (χ0) is 37.7. The number of aromatic nitrogens is 4. The summed E-state index contributed by atoms with van der Waals surface area (Å²) in [4.78, 5) is 25.0. The van der Waals surface area contributed by atoms with E-state index in [0.29, 0.717) is 40.6 Å². The van der Waals surface area contributed by atoms with E-state index in [1.165, 1.54) is 32.9 Å². The molecule has 0 aliphatic rings. The maximum atomic E-state index is 12.2. The van der Waals surface area contributed by atoms with Crippen molar-refractivity contribution in [3.8, 4) is 0 Å². The van der Waals surface area contributed by atoms with Gasteiger partial charge in [-0.3, -0.25) is 18.2 Å². The molecule has 0 saturated carbocycles. The number of hydrogen-bond donors (Lipinski definition) is 0. The fourth-order valence-electron chi connectivity index (χ4n) is 4.61. The van der Waals surface area contributed by atoms with Crippen LogP contribution in [0.3, 0.4) is 0 Å². The molecule has 0 fully saturated rings. The summed E-state index contributed by atoms with van der Waals surface area (Å²) in [5, 5.41) is 8.34. The summed E-state index contributed by atoms with van der Waals surface area (Å²) in [6.45, 7) is 1.74. The number of thioether (sulfide) groups is 2. The van der Waals surface area contributed by atoms with Gasteiger partial charge in [-0.15, -0.1) is 23.5 Å². The Morgan fingerprint density at radius 3 is 1.56 bits per heavy atom. The van der Waals surface area contributed by atoms with Gasteiger partial charge in [-0.25, -0.2) is 9.36 Å². The van der Waals surface area contributed by atoms with Crippen molar-refractivity contribution in [1.82, 2.24) is 19.6 Å². The summed E-state index contributed by atoms with van der Waals surface area (Å²) in [6, 6.07) is 22.7. The van der Waals surface area contributed by atoms with Crippen molar-refractivity contribution >= 4 is 56.8 Å². The van der Waals surface area contributed by atoms with E-state index >= 15 is 0 Å². The third-order valence-corrected chi connectivity index (χ3v) is 12.2. The van der Waals surface area contributed by atoms with Gasteiger partial charge >= 0.3 is 0 Å². The summed E-state index contributed by atoms with van der Waals surface area (Å²) >= 11 is 15.0. The molecule has 5 aromatic rings. The molecule has 0 N–H and O–H groups in total. The van der Waals surface area contributed by atoms with Crippen molar-refractivity contribution < 1.29 is 17.0 Å². The van der Waals surface area contributed by atoms with E-state index < -0.39 is 10.1 Å². The summed E-state index contributed by atoms with van der Waals surface area (Å²) in [6.07, 6.45) is 5.81. The van der Waals surface area contributed by atoms with Crippen LogP contribution in [-0.2, 0) is 52.7 Å². The van der Waals surface area contributed by atoms with Crippen LogP contribution in [0.2, 0.25) is 10.0 Å². The Morgan fingerprint density at radius 2 is 1.12 bits per heavy atom. The van der Waals surface area contributed by atoms with Crippen molar-refractivity contribution in [2.45, 2.75) is 58.8 Å². The van der Waals surface area contributed by atoms with Gasteiger partial charge in [0.15, 0.2) is 0 Å². The lowest BCUT2D eigenvalue weighted by Crippen LogP contribution is -2.19. The van der Waals surface area contributed by atoms with Gasteiger partial charge in [0, 0.05) is 25.6 Å². The van der Waals surface area contributed by atoms with E-state index in [1.807, 2.05) is 55.5 Å². The fourth-order valence-corrected chi connectivity index (χ4v) is 7.92. The van der Waals surface area contributed by atoms with Gasteiger partial charge in [0.05, 0.1) is 40.4 Å². The van der Waals surface area contributed by atoms with E-state index in [0.717, 1.165) is 34.2 Å². The van der Waals surface area contributed by atoms with Crippen molar-refractivity contribution in [2.75, 3.05) is 13.3 Å². The molecule has 9 nitrogen and oxygen atoms in total. The number of nitrogens with zero attached hydrogens (tertiary/aromatic N) is 4. The number of hydrogen-bond acceptors (Lipinski definition) is 9. The second-order valence-corrected chi connectivity index (χ2v) is 16.1. The minimum atomic E-state index is -3.72. The van der Waals surface area contributed by atoms with Crippen LogP contribution in [0.15, 0.2) is 109 Å². The Labute approximate surface area is 321 Å². The molecule has 0 unspecified atom stereocenters. The van der Waals surface area contributed by atoms with E-state index in [4.69, 9.17) is 27.4 Å². The quantitative estimate of drug-likeness (QED) is 0.0591. The number of rotatable bonds is 15. The SMILES string of the molecule is Cc1ccc(S(=O)(=O)OCCCc2ccc(CSc3cnn(C)c(=O)c3Cl)cc2)cc1.Cn1ncc(SCc2ccc(CCC[18F])cc2)c(Cl)c1=O. The third kappa shape index (κ3) is 12.3. The van der Waals surface area contributed by atoms with Crippen molar-refractivity contribution in [2.24, 2.45) is 14.1 Å². The predicted molar refractivity (Wildman–Crippen MR) is 208 cm³/mol. The number of benzene rings is 3. The summed E-state index contributed by atoms with van der Waals surface area (Å²) in [7, 11) is -0.596. The first kappa shape index (κ1) is 41.3. The number of alkyl halides is 1. The van der Waals surface area contributed by atoms with E-state index in [1.54, 1.807) is 50.8 Å². The average Bonchev–Trinajstić information content (AvgIpc) is 3.14. The molecule has 0 radical (unpaired) electrons. The molecule has 276 valence electrons. The molecule has 0 aliphatic heterocycles. The topological polar surface area (TPSA) is 113 Å². The molecule has 0 atom stereocenters. The molecule has 0 bridgehead atoms. The molecule has 0 amide bonds. The Kier molecular flexibility index (Phi) is 16.0. The standard InChI is InChI=1S/C22H23ClN2O4S2.C15H16ClFN2OS/c1-16-5-11-19(12-6-16)31(27,28)29-13-3-4-17-7-9-18(10-8-17)15-30-20-14-24-25(2)22(26)21(20)23;1-19-15(20)14(16)13(9-18-19)21-10-12-6-4-11(5-7-12)3-2-8-17/h5-12,14H,3-4,13,15H2,1-2H3;4-7,9H,2-3,8,10H2,1H3/i;17-1. The monoisotopic (exact) mass is 803 g/mol. The molecule has 2 aromatic heterocycles. The fraction of sp³-hybridized carbons (Fsp3) is 0.297. The van der Waals surface area contributed by atoms with Crippen molar-refractivity contribution in [3.63, 3.8) is 0 Å². The number of aryl methyl sites for hydroxylation is 5. The first-order chi connectivity index (χ1) is 24.9. The summed E-state index contributed by atoms with van der Waals surface area (Å²) in [5.74, 6) is 1.37. The molecule has 15 heteroatoms. The van der Waals surface area contributed by atoms with Gasteiger partial charge in [-0.1, -0.05) is 89.4 Å². The van der Waals surface area contributed by atoms with Gasteiger partial charge < -0.3 is 0 Å². The zero-order valence-electron chi connectivity index (χ0n) is 28.9. The smallest absolute Gasteiger partial charge is 0.266 e. The van der Waals surface area contributed by atoms with Crippen LogP contribution < -0.4 is 11.1 Å². The first-order valence-electron chi connectivity index (χ1n) is 16.2. The van der Waals surface area contributed by atoms with Gasteiger partial charge in [0.2, 0.25) is 0 Å². The van der Waals surface area contributed by atoms with Crippen LogP contribution in [0.25, 0.3) is 0 Å². The van der Waals surface area contributed by atoms with E-state index in [-0.39, 0.29) is 39.3 Å². The highest BCUT2D eigenvalue weighted by molar-refractivity contribution is 7.98. The van der Waals surface area contributed by atoms with Gasteiger partial charge in [-0.2, -0.15) is 18.6 Å².